The van der Waals surface area contributed by atoms with Crippen LogP contribution in [0, 0.1) is 6.92 Å². The molecule has 0 bridgehead atoms. The van der Waals surface area contributed by atoms with Gasteiger partial charge in [-0.15, -0.1) is 11.3 Å². The lowest BCUT2D eigenvalue weighted by Gasteiger charge is -2.00. The van der Waals surface area contributed by atoms with Crippen LogP contribution in [-0.4, -0.2) is 17.4 Å². The number of aryl methyl sites for hydroxylation is 1. The first kappa shape index (κ1) is 13.0. The minimum atomic E-state index is -4.49. The summed E-state index contributed by atoms with van der Waals surface area (Å²) in [6, 6.07) is 0. The third kappa shape index (κ3) is 2.94. The number of carbonyl (C=O) groups excluding carboxylic acids is 1. The van der Waals surface area contributed by atoms with Gasteiger partial charge >= 0.3 is 6.18 Å². The van der Waals surface area contributed by atoms with Crippen molar-refractivity contribution in [1.82, 2.24) is 10.3 Å². The van der Waals surface area contributed by atoms with E-state index in [1.165, 1.54) is 6.92 Å². The smallest absolute Gasteiger partial charge is 0.351 e. The Morgan fingerprint density at radius 1 is 1.50 bits per heavy atom. The van der Waals surface area contributed by atoms with Gasteiger partial charge in [0.1, 0.15) is 4.88 Å². The summed E-state index contributed by atoms with van der Waals surface area (Å²) < 4.78 is 36.9. The van der Waals surface area contributed by atoms with Crippen LogP contribution in [0.3, 0.4) is 0 Å². The van der Waals surface area contributed by atoms with Crippen molar-refractivity contribution >= 4 is 17.2 Å². The molecule has 1 heterocycles. The van der Waals surface area contributed by atoms with Crippen molar-refractivity contribution in [3.63, 3.8) is 0 Å². The van der Waals surface area contributed by atoms with Crippen LogP contribution in [0.15, 0.2) is 0 Å². The van der Waals surface area contributed by atoms with Crippen LogP contribution < -0.4 is 5.32 Å². The van der Waals surface area contributed by atoms with Gasteiger partial charge in [0.25, 0.3) is 5.91 Å². The van der Waals surface area contributed by atoms with Gasteiger partial charge in [-0.1, -0.05) is 6.92 Å². The molecule has 0 aliphatic carbocycles. The molecular formula is C9H11F3N2OS. The van der Waals surface area contributed by atoms with Crippen molar-refractivity contribution < 1.29 is 18.0 Å². The Bertz CT molecular complexity index is 387. The number of amides is 1. The SMILES string of the molecule is CCCNC(=O)c1sc(C(F)(F)F)nc1C. The summed E-state index contributed by atoms with van der Waals surface area (Å²) in [7, 11) is 0. The summed E-state index contributed by atoms with van der Waals surface area (Å²) in [5.74, 6) is -0.493. The van der Waals surface area contributed by atoms with Gasteiger partial charge in [0.05, 0.1) is 5.69 Å². The second-order valence-electron chi connectivity index (χ2n) is 3.19. The Morgan fingerprint density at radius 3 is 2.56 bits per heavy atom. The zero-order chi connectivity index (χ0) is 12.3. The fraction of sp³-hybridized carbons (Fsp3) is 0.556. The predicted octanol–water partition coefficient (Wildman–Crippen LogP) is 2.61. The number of thiazole rings is 1. The van der Waals surface area contributed by atoms with Crippen LogP contribution in [0.2, 0.25) is 0 Å². The minimum absolute atomic E-state index is 0.0285. The van der Waals surface area contributed by atoms with E-state index in [0.717, 1.165) is 6.42 Å². The highest BCUT2D eigenvalue weighted by Crippen LogP contribution is 2.33. The van der Waals surface area contributed by atoms with E-state index in [9.17, 15) is 18.0 Å². The largest absolute Gasteiger partial charge is 0.443 e. The van der Waals surface area contributed by atoms with Crippen molar-refractivity contribution in [3.05, 3.63) is 15.6 Å². The van der Waals surface area contributed by atoms with Gasteiger partial charge in [-0.2, -0.15) is 13.2 Å². The van der Waals surface area contributed by atoms with E-state index >= 15 is 0 Å². The van der Waals surface area contributed by atoms with E-state index in [2.05, 4.69) is 10.3 Å². The highest BCUT2D eigenvalue weighted by Gasteiger charge is 2.36. The number of nitrogens with one attached hydrogen (secondary N) is 1. The Morgan fingerprint density at radius 2 is 2.12 bits per heavy atom. The van der Waals surface area contributed by atoms with Gasteiger partial charge in [0.2, 0.25) is 0 Å². The standard InChI is InChI=1S/C9H11F3N2OS/c1-3-4-13-7(15)6-5(2)14-8(16-6)9(10,11)12/h3-4H2,1-2H3,(H,13,15). The van der Waals surface area contributed by atoms with Crippen LogP contribution in [0.1, 0.15) is 33.7 Å². The van der Waals surface area contributed by atoms with E-state index < -0.39 is 17.1 Å². The zero-order valence-corrected chi connectivity index (χ0v) is 9.63. The molecule has 1 amide bonds. The topological polar surface area (TPSA) is 42.0 Å². The maximum atomic E-state index is 12.3. The molecule has 1 rings (SSSR count). The molecule has 16 heavy (non-hydrogen) atoms. The van der Waals surface area contributed by atoms with Crippen LogP contribution in [0.4, 0.5) is 13.2 Å². The Balaban J connectivity index is 2.90. The fourth-order valence-electron chi connectivity index (χ4n) is 1.05. The maximum Gasteiger partial charge on any atom is 0.443 e. The molecule has 7 heteroatoms. The highest BCUT2D eigenvalue weighted by atomic mass is 32.1. The molecule has 0 fully saturated rings. The molecule has 1 aromatic heterocycles. The number of hydrogen-bond acceptors (Lipinski definition) is 3. The summed E-state index contributed by atoms with van der Waals surface area (Å²) in [5, 5.41) is 1.54. The molecule has 0 aliphatic heterocycles. The summed E-state index contributed by atoms with van der Waals surface area (Å²) in [6.07, 6.45) is -3.76. The van der Waals surface area contributed by atoms with Gasteiger partial charge in [0, 0.05) is 6.54 Å². The number of halogens is 3. The number of nitrogens with zero attached hydrogens (tertiary/aromatic N) is 1. The molecule has 0 aromatic carbocycles. The van der Waals surface area contributed by atoms with E-state index in [0.29, 0.717) is 17.9 Å². The van der Waals surface area contributed by atoms with Crippen molar-refractivity contribution in [2.45, 2.75) is 26.4 Å². The first-order chi connectivity index (χ1) is 7.36. The zero-order valence-electron chi connectivity index (χ0n) is 8.81. The van der Waals surface area contributed by atoms with Crippen molar-refractivity contribution in [2.24, 2.45) is 0 Å². The minimum Gasteiger partial charge on any atom is -0.351 e. The molecule has 0 aliphatic rings. The first-order valence-electron chi connectivity index (χ1n) is 4.69. The van der Waals surface area contributed by atoms with Gasteiger partial charge < -0.3 is 5.32 Å². The average Bonchev–Trinajstić information content (AvgIpc) is 2.56. The van der Waals surface area contributed by atoms with E-state index in [1.54, 1.807) is 0 Å². The Labute approximate surface area is 94.7 Å². The van der Waals surface area contributed by atoms with Crippen LogP contribution in [0.5, 0.6) is 0 Å². The summed E-state index contributed by atoms with van der Waals surface area (Å²) in [4.78, 5) is 14.8. The van der Waals surface area contributed by atoms with Gasteiger partial charge in [-0.3, -0.25) is 4.79 Å². The third-order valence-corrected chi connectivity index (χ3v) is 2.98. The molecule has 3 nitrogen and oxygen atoms in total. The quantitative estimate of drug-likeness (QED) is 0.898. The number of rotatable bonds is 3. The second-order valence-corrected chi connectivity index (χ2v) is 4.19. The Hall–Kier alpha value is -1.11. The van der Waals surface area contributed by atoms with Crippen LogP contribution in [-0.2, 0) is 6.18 Å². The van der Waals surface area contributed by atoms with Crippen molar-refractivity contribution in [1.29, 1.82) is 0 Å². The first-order valence-corrected chi connectivity index (χ1v) is 5.50. The van der Waals surface area contributed by atoms with Gasteiger partial charge in [-0.25, -0.2) is 4.98 Å². The highest BCUT2D eigenvalue weighted by molar-refractivity contribution is 7.13. The molecule has 0 saturated carbocycles. The van der Waals surface area contributed by atoms with Crippen LogP contribution >= 0.6 is 11.3 Å². The maximum absolute atomic E-state index is 12.3. The van der Waals surface area contributed by atoms with Gasteiger partial charge in [-0.05, 0) is 13.3 Å². The van der Waals surface area contributed by atoms with Crippen molar-refractivity contribution in [3.8, 4) is 0 Å². The number of hydrogen-bond donors (Lipinski definition) is 1. The van der Waals surface area contributed by atoms with Crippen molar-refractivity contribution in [2.75, 3.05) is 6.54 Å². The van der Waals surface area contributed by atoms with Crippen LogP contribution in [0.25, 0.3) is 0 Å². The molecule has 0 atom stereocenters. The monoisotopic (exact) mass is 252 g/mol. The van der Waals surface area contributed by atoms with Gasteiger partial charge in [0.15, 0.2) is 5.01 Å². The molecule has 90 valence electrons. The summed E-state index contributed by atoms with van der Waals surface area (Å²) >= 11 is 0.377. The lowest BCUT2D eigenvalue weighted by molar-refractivity contribution is -0.137. The lowest BCUT2D eigenvalue weighted by atomic mass is 10.3. The third-order valence-electron chi connectivity index (χ3n) is 1.78. The van der Waals surface area contributed by atoms with E-state index in [4.69, 9.17) is 0 Å². The number of carbonyl (C=O) groups is 1. The van der Waals surface area contributed by atoms with E-state index in [1.807, 2.05) is 6.92 Å². The summed E-state index contributed by atoms with van der Waals surface area (Å²) in [5.41, 5.74) is 0.117. The molecule has 0 saturated heterocycles. The normalized spacial score (nSPS) is 11.6. The summed E-state index contributed by atoms with van der Waals surface area (Å²) in [6.45, 7) is 3.70. The Kier molecular flexibility index (Phi) is 3.90. The molecule has 0 radical (unpaired) electrons. The number of aromatic nitrogens is 1. The molecule has 1 aromatic rings. The lowest BCUT2D eigenvalue weighted by Crippen LogP contribution is -2.23. The fourth-order valence-corrected chi connectivity index (χ4v) is 1.90. The number of alkyl halides is 3. The molecule has 0 unspecified atom stereocenters. The average molecular weight is 252 g/mol. The van der Waals surface area contributed by atoms with E-state index in [-0.39, 0.29) is 10.6 Å². The second kappa shape index (κ2) is 4.82. The molecule has 1 N–H and O–H groups in total. The molecular weight excluding hydrogens is 241 g/mol. The predicted molar refractivity (Wildman–Crippen MR) is 54.5 cm³/mol. The molecule has 0 spiro atoms.